The lowest BCUT2D eigenvalue weighted by Crippen LogP contribution is -2.34. The van der Waals surface area contributed by atoms with Gasteiger partial charge in [-0.2, -0.15) is 0 Å². The minimum atomic E-state index is -3.84. The Bertz CT molecular complexity index is 1230. The van der Waals surface area contributed by atoms with Crippen LogP contribution in [0.25, 0.3) is 22.0 Å². The molecule has 1 heterocycles. The van der Waals surface area contributed by atoms with Gasteiger partial charge < -0.3 is 10.5 Å². The molecule has 4 rings (SSSR count). The highest BCUT2D eigenvalue weighted by molar-refractivity contribution is 7.93. The van der Waals surface area contributed by atoms with E-state index in [1.807, 2.05) is 0 Å². The van der Waals surface area contributed by atoms with Crippen molar-refractivity contribution in [2.24, 2.45) is 0 Å². The molecule has 0 atom stereocenters. The largest absolute Gasteiger partial charge is 0.381 e. The zero-order valence-electron chi connectivity index (χ0n) is 16.8. The maximum Gasteiger partial charge on any atom is 0.235 e. The van der Waals surface area contributed by atoms with Gasteiger partial charge in [-0.3, -0.25) is 4.72 Å². The van der Waals surface area contributed by atoms with Crippen molar-refractivity contribution in [1.29, 1.82) is 0 Å². The first-order chi connectivity index (χ1) is 14.8. The Morgan fingerprint density at radius 3 is 2.58 bits per heavy atom. The molecule has 0 bridgehead atoms. The third-order valence-corrected chi connectivity index (χ3v) is 7.48. The van der Waals surface area contributed by atoms with Crippen LogP contribution in [0.15, 0.2) is 36.5 Å². The summed E-state index contributed by atoms with van der Waals surface area (Å²) in [7, 11) is -2.25. The van der Waals surface area contributed by atoms with Gasteiger partial charge >= 0.3 is 0 Å². The van der Waals surface area contributed by atoms with E-state index >= 15 is 4.39 Å². The van der Waals surface area contributed by atoms with Crippen molar-refractivity contribution < 1.29 is 21.9 Å². The summed E-state index contributed by atoms with van der Waals surface area (Å²) in [4.78, 5) is 7.96. The summed E-state index contributed by atoms with van der Waals surface area (Å²) in [6, 6.07) is 6.74. The van der Waals surface area contributed by atoms with E-state index < -0.39 is 26.9 Å². The molecule has 2 aromatic carbocycles. The number of rotatable bonds is 5. The van der Waals surface area contributed by atoms with E-state index in [1.165, 1.54) is 18.3 Å². The van der Waals surface area contributed by atoms with Crippen LogP contribution in [0.1, 0.15) is 25.7 Å². The highest BCUT2D eigenvalue weighted by Crippen LogP contribution is 2.34. The number of benzene rings is 2. The van der Waals surface area contributed by atoms with E-state index in [0.717, 1.165) is 12.1 Å². The van der Waals surface area contributed by atoms with Crippen LogP contribution < -0.4 is 10.5 Å². The zero-order chi connectivity index (χ0) is 22.2. The van der Waals surface area contributed by atoms with E-state index in [4.69, 9.17) is 10.5 Å². The second kappa shape index (κ2) is 8.35. The molecule has 31 heavy (non-hydrogen) atoms. The van der Waals surface area contributed by atoms with Crippen LogP contribution in [0.2, 0.25) is 0 Å². The summed E-state index contributed by atoms with van der Waals surface area (Å²) in [5.41, 5.74) is 5.70. The topological polar surface area (TPSA) is 107 Å². The number of hydrogen-bond donors (Lipinski definition) is 2. The molecule has 0 amide bonds. The SMILES string of the molecule is CO[C@H]1CC[C@@H](S(=O)(=O)Nc2ccc(F)c(-c3ccc4nc(N)ncc4c3)c2F)CC1. The molecule has 0 saturated heterocycles. The van der Waals surface area contributed by atoms with Crippen LogP contribution in [-0.2, 0) is 14.8 Å². The minimum absolute atomic E-state index is 0.0350. The molecule has 3 aromatic rings. The van der Waals surface area contributed by atoms with Gasteiger partial charge in [-0.1, -0.05) is 6.07 Å². The van der Waals surface area contributed by atoms with Crippen molar-refractivity contribution in [3.8, 4) is 11.1 Å². The molecule has 0 aliphatic heterocycles. The number of nitrogens with two attached hydrogens (primary N) is 1. The Morgan fingerprint density at radius 1 is 1.13 bits per heavy atom. The van der Waals surface area contributed by atoms with E-state index in [2.05, 4.69) is 14.7 Å². The van der Waals surface area contributed by atoms with Gasteiger partial charge in [0.1, 0.15) is 5.82 Å². The van der Waals surface area contributed by atoms with Crippen molar-refractivity contribution in [2.75, 3.05) is 17.6 Å². The van der Waals surface area contributed by atoms with Crippen molar-refractivity contribution >= 4 is 32.6 Å². The molecule has 1 aliphatic rings. The fraction of sp³-hybridized carbons (Fsp3) is 0.333. The number of nitrogen functional groups attached to an aromatic ring is 1. The van der Waals surface area contributed by atoms with Crippen molar-refractivity contribution in [2.45, 2.75) is 37.0 Å². The van der Waals surface area contributed by atoms with Crippen molar-refractivity contribution in [3.05, 3.63) is 48.2 Å². The first-order valence-electron chi connectivity index (χ1n) is 9.83. The minimum Gasteiger partial charge on any atom is -0.381 e. The van der Waals surface area contributed by atoms with Crippen molar-refractivity contribution in [3.63, 3.8) is 0 Å². The van der Waals surface area contributed by atoms with E-state index in [0.29, 0.717) is 36.6 Å². The number of sulfonamides is 1. The first kappa shape index (κ1) is 21.4. The lowest BCUT2D eigenvalue weighted by atomic mass is 9.97. The second-order valence-electron chi connectivity index (χ2n) is 7.57. The van der Waals surface area contributed by atoms with Gasteiger partial charge in [0.05, 0.1) is 28.1 Å². The zero-order valence-corrected chi connectivity index (χ0v) is 17.6. The van der Waals surface area contributed by atoms with E-state index in [1.54, 1.807) is 13.2 Å². The number of hydrogen-bond acceptors (Lipinski definition) is 6. The molecular weight excluding hydrogens is 426 g/mol. The molecule has 1 fully saturated rings. The van der Waals surface area contributed by atoms with Gasteiger partial charge in [0.25, 0.3) is 0 Å². The molecule has 1 aromatic heterocycles. The summed E-state index contributed by atoms with van der Waals surface area (Å²) >= 11 is 0. The van der Waals surface area contributed by atoms with Crippen LogP contribution in [0.4, 0.5) is 20.4 Å². The number of methoxy groups -OCH3 is 1. The highest BCUT2D eigenvalue weighted by Gasteiger charge is 2.32. The highest BCUT2D eigenvalue weighted by atomic mass is 32.2. The maximum atomic E-state index is 15.3. The molecule has 7 nitrogen and oxygen atoms in total. The van der Waals surface area contributed by atoms with Crippen LogP contribution in [0.3, 0.4) is 0 Å². The summed E-state index contributed by atoms with van der Waals surface area (Å²) in [6.45, 7) is 0. The fourth-order valence-corrected chi connectivity index (χ4v) is 5.44. The normalized spacial score (nSPS) is 19.5. The maximum absolute atomic E-state index is 15.3. The third-order valence-electron chi connectivity index (χ3n) is 5.62. The summed E-state index contributed by atoms with van der Waals surface area (Å²) in [5.74, 6) is -1.70. The molecule has 1 saturated carbocycles. The summed E-state index contributed by atoms with van der Waals surface area (Å²) < 4.78 is 63.0. The van der Waals surface area contributed by atoms with E-state index in [-0.39, 0.29) is 28.9 Å². The van der Waals surface area contributed by atoms with Gasteiger partial charge in [0.2, 0.25) is 16.0 Å². The smallest absolute Gasteiger partial charge is 0.235 e. The third kappa shape index (κ3) is 4.31. The molecule has 0 unspecified atom stereocenters. The predicted octanol–water partition coefficient (Wildman–Crippen LogP) is 3.86. The molecule has 10 heteroatoms. The number of nitrogens with zero attached hydrogens (tertiary/aromatic N) is 2. The lowest BCUT2D eigenvalue weighted by molar-refractivity contribution is 0.0717. The number of ether oxygens (including phenoxy) is 1. The number of fused-ring (bicyclic) bond motifs is 1. The Labute approximate surface area is 178 Å². The van der Waals surface area contributed by atoms with Crippen LogP contribution in [-0.4, -0.2) is 36.8 Å². The fourth-order valence-electron chi connectivity index (χ4n) is 3.91. The van der Waals surface area contributed by atoms with Gasteiger partial charge in [-0.25, -0.2) is 27.2 Å². The standard InChI is InChI=1S/C21H22F2N4O3S/c1-30-14-3-5-15(6-4-14)31(28,29)27-18-9-7-16(22)19(20(18)23)12-2-8-17-13(10-12)11-25-21(24)26-17/h2,7-11,14-15,27H,3-6H2,1H3,(H2,24,25,26)/t14-,15+. The quantitative estimate of drug-likeness (QED) is 0.614. The Morgan fingerprint density at radius 2 is 1.87 bits per heavy atom. The first-order valence-corrected chi connectivity index (χ1v) is 11.4. The number of halogens is 2. The molecule has 0 spiro atoms. The molecule has 1 aliphatic carbocycles. The number of nitrogens with one attached hydrogen (secondary N) is 1. The number of anilines is 2. The monoisotopic (exact) mass is 448 g/mol. The summed E-state index contributed by atoms with van der Waals surface area (Å²) in [5, 5.41) is -0.110. The Kier molecular flexibility index (Phi) is 5.76. The van der Waals surface area contributed by atoms with Crippen LogP contribution in [0, 0.1) is 11.6 Å². The van der Waals surface area contributed by atoms with Crippen LogP contribution in [0.5, 0.6) is 0 Å². The van der Waals surface area contributed by atoms with Crippen molar-refractivity contribution in [1.82, 2.24) is 9.97 Å². The van der Waals surface area contributed by atoms with Gasteiger partial charge in [-0.05, 0) is 55.5 Å². The predicted molar refractivity (Wildman–Crippen MR) is 115 cm³/mol. The van der Waals surface area contributed by atoms with Gasteiger partial charge in [0.15, 0.2) is 5.82 Å². The van der Waals surface area contributed by atoms with Gasteiger partial charge in [-0.15, -0.1) is 0 Å². The van der Waals surface area contributed by atoms with E-state index in [9.17, 15) is 12.8 Å². The lowest BCUT2D eigenvalue weighted by Gasteiger charge is -2.27. The average molecular weight is 448 g/mol. The molecule has 164 valence electrons. The Balaban J connectivity index is 1.66. The molecule has 0 radical (unpaired) electrons. The Hall–Kier alpha value is -2.85. The average Bonchev–Trinajstić information content (AvgIpc) is 2.76. The summed E-state index contributed by atoms with van der Waals surface area (Å²) in [6.07, 6.45) is 3.55. The van der Waals surface area contributed by atoms with Crippen LogP contribution >= 0.6 is 0 Å². The van der Waals surface area contributed by atoms with Gasteiger partial charge in [0, 0.05) is 18.7 Å². The molecular formula is C21H22F2N4O3S. The molecule has 3 N–H and O–H groups in total. The second-order valence-corrected chi connectivity index (χ2v) is 9.53. The number of aromatic nitrogens is 2.